The van der Waals surface area contributed by atoms with Crippen LogP contribution in [0.3, 0.4) is 0 Å². The topological polar surface area (TPSA) is 112 Å². The summed E-state index contributed by atoms with van der Waals surface area (Å²) in [6.07, 6.45) is 0. The maximum absolute atomic E-state index is 12.4. The third-order valence-electron chi connectivity index (χ3n) is 3.50. The molecule has 9 nitrogen and oxygen atoms in total. The molecule has 3 aromatic rings. The summed E-state index contributed by atoms with van der Waals surface area (Å²) in [7, 11) is 0. The van der Waals surface area contributed by atoms with Gasteiger partial charge in [-0.05, 0) is 25.1 Å². The fraction of sp³-hybridized carbons (Fsp3) is 0.235. The van der Waals surface area contributed by atoms with E-state index in [1.165, 1.54) is 30.3 Å². The molecule has 2 aromatic heterocycles. The van der Waals surface area contributed by atoms with Gasteiger partial charge in [-0.2, -0.15) is 18.9 Å². The normalized spacial score (nSPS) is 10.9. The molecule has 3 rings (SSSR count). The minimum atomic E-state index is -2.95. The number of nitrogens with one attached hydrogen (secondary N) is 1. The van der Waals surface area contributed by atoms with Crippen LogP contribution in [-0.4, -0.2) is 39.0 Å². The van der Waals surface area contributed by atoms with E-state index >= 15 is 0 Å². The Morgan fingerprint density at radius 2 is 2.14 bits per heavy atom. The van der Waals surface area contributed by atoms with Gasteiger partial charge < -0.3 is 14.6 Å². The number of aromatic nitrogens is 4. The molecule has 0 radical (unpaired) electrons. The monoisotopic (exact) mass is 391 g/mol. The molecule has 0 aliphatic rings. The van der Waals surface area contributed by atoms with Crippen LogP contribution < -0.4 is 15.6 Å². The summed E-state index contributed by atoms with van der Waals surface area (Å²) in [5, 5.41) is 10.4. The largest absolute Gasteiger partial charge is 0.435 e. The molecule has 11 heteroatoms. The summed E-state index contributed by atoms with van der Waals surface area (Å²) >= 11 is 0. The first-order valence-corrected chi connectivity index (χ1v) is 8.20. The minimum Gasteiger partial charge on any atom is -0.435 e. The first-order chi connectivity index (χ1) is 13.5. The Morgan fingerprint density at radius 1 is 1.32 bits per heavy atom. The molecule has 28 heavy (non-hydrogen) atoms. The number of ether oxygens (including phenoxy) is 1. The van der Waals surface area contributed by atoms with E-state index in [-0.39, 0.29) is 35.6 Å². The van der Waals surface area contributed by atoms with Crippen LogP contribution in [0, 0.1) is 0 Å². The first kappa shape index (κ1) is 19.1. The van der Waals surface area contributed by atoms with Crippen LogP contribution >= 0.6 is 0 Å². The molecule has 0 fully saturated rings. The van der Waals surface area contributed by atoms with E-state index in [4.69, 9.17) is 4.52 Å². The molecule has 0 bridgehead atoms. The van der Waals surface area contributed by atoms with Crippen LogP contribution in [0.2, 0.25) is 0 Å². The van der Waals surface area contributed by atoms with Gasteiger partial charge >= 0.3 is 6.61 Å². The number of carbonyl (C=O) groups excluding carboxylic acids is 1. The molecule has 0 saturated carbocycles. The Balaban J connectivity index is 1.86. The summed E-state index contributed by atoms with van der Waals surface area (Å²) in [5.74, 6) is -0.290. The molecular formula is C17H15F2N5O4. The van der Waals surface area contributed by atoms with Crippen LogP contribution in [0.4, 0.5) is 8.78 Å². The lowest BCUT2D eigenvalue weighted by Crippen LogP contribution is -2.33. The number of carbonyl (C=O) groups is 1. The van der Waals surface area contributed by atoms with Gasteiger partial charge in [-0.25, -0.2) is 4.68 Å². The Bertz CT molecular complexity index is 1030. The van der Waals surface area contributed by atoms with Crippen molar-refractivity contribution >= 4 is 5.91 Å². The van der Waals surface area contributed by atoms with E-state index in [2.05, 4.69) is 25.3 Å². The Morgan fingerprint density at radius 3 is 2.89 bits per heavy atom. The van der Waals surface area contributed by atoms with Gasteiger partial charge in [0, 0.05) is 18.2 Å². The number of nitrogens with zero attached hydrogens (tertiary/aromatic N) is 4. The molecule has 0 atom stereocenters. The molecule has 0 spiro atoms. The highest BCUT2D eigenvalue weighted by molar-refractivity contribution is 5.75. The van der Waals surface area contributed by atoms with Crippen LogP contribution in [0.25, 0.3) is 23.0 Å². The number of rotatable bonds is 7. The quantitative estimate of drug-likeness (QED) is 0.652. The van der Waals surface area contributed by atoms with Crippen molar-refractivity contribution in [2.75, 3.05) is 6.54 Å². The summed E-state index contributed by atoms with van der Waals surface area (Å²) in [4.78, 5) is 27.7. The van der Waals surface area contributed by atoms with Crippen molar-refractivity contribution in [2.24, 2.45) is 0 Å². The number of halogens is 2. The Kier molecular flexibility index (Phi) is 5.72. The summed E-state index contributed by atoms with van der Waals surface area (Å²) < 4.78 is 35.2. The van der Waals surface area contributed by atoms with E-state index in [0.29, 0.717) is 12.1 Å². The predicted molar refractivity (Wildman–Crippen MR) is 92.5 cm³/mol. The molecule has 146 valence electrons. The number of hydrogen-bond acceptors (Lipinski definition) is 7. The molecular weight excluding hydrogens is 376 g/mol. The van der Waals surface area contributed by atoms with Gasteiger partial charge in [-0.15, -0.1) is 0 Å². The van der Waals surface area contributed by atoms with Gasteiger partial charge in [0.25, 0.3) is 11.4 Å². The van der Waals surface area contributed by atoms with Crippen molar-refractivity contribution in [3.05, 3.63) is 46.8 Å². The van der Waals surface area contributed by atoms with E-state index in [1.54, 1.807) is 13.0 Å². The molecule has 0 unspecified atom stereocenters. The van der Waals surface area contributed by atoms with Crippen molar-refractivity contribution in [1.82, 2.24) is 25.2 Å². The lowest BCUT2D eigenvalue weighted by Gasteiger charge is -2.05. The first-order valence-electron chi connectivity index (χ1n) is 8.20. The molecule has 2 heterocycles. The molecule has 1 amide bonds. The van der Waals surface area contributed by atoms with Crippen LogP contribution in [-0.2, 0) is 11.3 Å². The average Bonchev–Trinajstić information content (AvgIpc) is 3.14. The third kappa shape index (κ3) is 4.55. The smallest absolute Gasteiger partial charge is 0.387 e. The van der Waals surface area contributed by atoms with Gasteiger partial charge in [-0.1, -0.05) is 17.3 Å². The Hall–Kier alpha value is -3.63. The summed E-state index contributed by atoms with van der Waals surface area (Å²) in [6.45, 7) is -1.03. The second-order valence-corrected chi connectivity index (χ2v) is 5.50. The SMILES string of the molecule is CCNC(=O)Cn1nc(-c2nc(-c3cccc(OC(F)F)c3)no2)ccc1=O. The zero-order valence-corrected chi connectivity index (χ0v) is 14.6. The number of hydrogen-bond donors (Lipinski definition) is 1. The predicted octanol–water partition coefficient (Wildman–Crippen LogP) is 1.70. The van der Waals surface area contributed by atoms with Crippen LogP contribution in [0.1, 0.15) is 6.92 Å². The van der Waals surface area contributed by atoms with Crippen molar-refractivity contribution in [1.29, 1.82) is 0 Å². The maximum atomic E-state index is 12.4. The second kappa shape index (κ2) is 8.37. The van der Waals surface area contributed by atoms with Crippen LogP contribution in [0.5, 0.6) is 5.75 Å². The molecule has 1 N–H and O–H groups in total. The summed E-state index contributed by atoms with van der Waals surface area (Å²) in [5.41, 5.74) is 0.109. The van der Waals surface area contributed by atoms with E-state index in [9.17, 15) is 18.4 Å². The number of likely N-dealkylation sites (N-methyl/N-ethyl adjacent to an activating group) is 1. The zero-order valence-electron chi connectivity index (χ0n) is 14.6. The van der Waals surface area contributed by atoms with Crippen LogP contribution in [0.15, 0.2) is 45.7 Å². The summed E-state index contributed by atoms with van der Waals surface area (Å²) in [6, 6.07) is 8.41. The fourth-order valence-corrected chi connectivity index (χ4v) is 2.32. The Labute approximate surface area is 156 Å². The lowest BCUT2D eigenvalue weighted by molar-refractivity contribution is -0.121. The van der Waals surface area contributed by atoms with E-state index in [1.807, 2.05) is 0 Å². The van der Waals surface area contributed by atoms with Crippen molar-refractivity contribution < 1.29 is 22.8 Å². The highest BCUT2D eigenvalue weighted by Crippen LogP contribution is 2.24. The molecule has 0 aliphatic heterocycles. The number of amides is 1. The van der Waals surface area contributed by atoms with E-state index in [0.717, 1.165) is 4.68 Å². The number of benzene rings is 1. The van der Waals surface area contributed by atoms with E-state index < -0.39 is 12.2 Å². The van der Waals surface area contributed by atoms with Gasteiger partial charge in [-0.3, -0.25) is 9.59 Å². The van der Waals surface area contributed by atoms with Gasteiger partial charge in [0.2, 0.25) is 11.7 Å². The number of alkyl halides is 2. The van der Waals surface area contributed by atoms with Gasteiger partial charge in [0.15, 0.2) is 0 Å². The fourth-order valence-electron chi connectivity index (χ4n) is 2.32. The zero-order chi connectivity index (χ0) is 20.1. The third-order valence-corrected chi connectivity index (χ3v) is 3.50. The standard InChI is InChI=1S/C17H15F2N5O4/c1-2-20-13(25)9-24-14(26)7-6-12(22-24)16-21-15(23-28-16)10-4-3-5-11(8-10)27-17(18)19/h3-8,17H,2,9H2,1H3,(H,20,25). The molecule has 1 aromatic carbocycles. The average molecular weight is 391 g/mol. The lowest BCUT2D eigenvalue weighted by atomic mass is 10.2. The van der Waals surface area contributed by atoms with Gasteiger partial charge in [0.05, 0.1) is 0 Å². The second-order valence-electron chi connectivity index (χ2n) is 5.50. The van der Waals surface area contributed by atoms with Gasteiger partial charge in [0.1, 0.15) is 18.0 Å². The molecule has 0 aliphatic carbocycles. The van der Waals surface area contributed by atoms with Crippen molar-refractivity contribution in [2.45, 2.75) is 20.1 Å². The van der Waals surface area contributed by atoms with Crippen molar-refractivity contribution in [3.8, 4) is 28.7 Å². The highest BCUT2D eigenvalue weighted by Gasteiger charge is 2.15. The molecule has 0 saturated heterocycles. The highest BCUT2D eigenvalue weighted by atomic mass is 19.3. The maximum Gasteiger partial charge on any atom is 0.387 e. The van der Waals surface area contributed by atoms with Crippen molar-refractivity contribution in [3.63, 3.8) is 0 Å². The minimum absolute atomic E-state index is 0.000157.